The highest BCUT2D eigenvalue weighted by molar-refractivity contribution is 5.85. The number of nitrogens with zero attached hydrogens (tertiary/aromatic N) is 2. The molecule has 1 unspecified atom stereocenters. The van der Waals surface area contributed by atoms with E-state index in [2.05, 4.69) is 10.3 Å². The van der Waals surface area contributed by atoms with Gasteiger partial charge in [-0.25, -0.2) is 14.2 Å². The molecule has 3 rings (SSSR count). The monoisotopic (exact) mass is 345 g/mol. The second-order valence-electron chi connectivity index (χ2n) is 6.02. The third-order valence-corrected chi connectivity index (χ3v) is 4.38. The molecule has 0 aliphatic heterocycles. The Balaban J connectivity index is 1.76. The van der Waals surface area contributed by atoms with Crippen molar-refractivity contribution >= 4 is 11.9 Å². The number of rotatable bonds is 5. The van der Waals surface area contributed by atoms with Gasteiger partial charge in [-0.2, -0.15) is 0 Å². The Hall–Kier alpha value is -2.70. The summed E-state index contributed by atoms with van der Waals surface area (Å²) in [5.74, 6) is -1.69. The number of carbonyl (C=O) groups is 2. The molecule has 1 heterocycles. The first-order chi connectivity index (χ1) is 12.1. The summed E-state index contributed by atoms with van der Waals surface area (Å²) in [5, 5.41) is 2.57. The highest BCUT2D eigenvalue weighted by atomic mass is 19.1. The molecule has 7 heteroatoms. The van der Waals surface area contributed by atoms with E-state index in [-0.39, 0.29) is 12.1 Å². The van der Waals surface area contributed by atoms with E-state index < -0.39 is 23.7 Å². The van der Waals surface area contributed by atoms with E-state index in [4.69, 9.17) is 4.74 Å². The van der Waals surface area contributed by atoms with Crippen LogP contribution in [0.4, 0.5) is 4.39 Å². The van der Waals surface area contributed by atoms with Gasteiger partial charge in [0.2, 0.25) is 5.91 Å². The average molecular weight is 345 g/mol. The minimum absolute atomic E-state index is 0.0320. The predicted molar refractivity (Wildman–Crippen MR) is 88.2 cm³/mol. The van der Waals surface area contributed by atoms with Gasteiger partial charge >= 0.3 is 5.97 Å². The third kappa shape index (κ3) is 3.70. The van der Waals surface area contributed by atoms with Gasteiger partial charge in [-0.1, -0.05) is 18.2 Å². The first-order valence-electron chi connectivity index (χ1n) is 8.24. The van der Waals surface area contributed by atoms with Gasteiger partial charge in [-0.3, -0.25) is 4.79 Å². The number of methoxy groups -OCH3 is 1. The lowest BCUT2D eigenvalue weighted by Gasteiger charge is -2.19. The second-order valence-corrected chi connectivity index (χ2v) is 6.02. The van der Waals surface area contributed by atoms with Crippen molar-refractivity contribution in [1.29, 1.82) is 0 Å². The number of esters is 1. The van der Waals surface area contributed by atoms with E-state index in [0.29, 0.717) is 0 Å². The molecule has 1 atom stereocenters. The van der Waals surface area contributed by atoms with E-state index >= 15 is 0 Å². The van der Waals surface area contributed by atoms with Crippen LogP contribution in [-0.2, 0) is 33.7 Å². The molecule has 1 aliphatic carbocycles. The number of aryl methyl sites for hydroxylation is 1. The summed E-state index contributed by atoms with van der Waals surface area (Å²) in [6, 6.07) is 4.64. The number of nitrogens with one attached hydrogen (secondary N) is 1. The zero-order valence-electron chi connectivity index (χ0n) is 14.0. The summed E-state index contributed by atoms with van der Waals surface area (Å²) in [7, 11) is 1.20. The molecule has 0 fully saturated rings. The smallest absolute Gasteiger partial charge is 0.333 e. The zero-order chi connectivity index (χ0) is 17.8. The Bertz CT molecular complexity index is 788. The lowest BCUT2D eigenvalue weighted by atomic mass is 10.0. The molecule has 1 aromatic carbocycles. The molecule has 0 saturated carbocycles. The summed E-state index contributed by atoms with van der Waals surface area (Å²) >= 11 is 0. The van der Waals surface area contributed by atoms with Crippen molar-refractivity contribution in [2.45, 2.75) is 38.3 Å². The summed E-state index contributed by atoms with van der Waals surface area (Å²) in [6.07, 6.45) is 5.63. The number of hydrogen-bond donors (Lipinski definition) is 1. The van der Waals surface area contributed by atoms with E-state index in [1.54, 1.807) is 17.0 Å². The number of amides is 1. The Labute approximate surface area is 145 Å². The van der Waals surface area contributed by atoms with Crippen LogP contribution in [0.1, 0.15) is 35.8 Å². The predicted octanol–water partition coefficient (Wildman–Crippen LogP) is 1.93. The molecule has 1 amide bonds. The van der Waals surface area contributed by atoms with Crippen molar-refractivity contribution in [1.82, 2.24) is 14.9 Å². The van der Waals surface area contributed by atoms with Gasteiger partial charge in [0.05, 0.1) is 19.1 Å². The molecule has 2 aromatic rings. The number of aromatic nitrogens is 2. The molecule has 6 nitrogen and oxygen atoms in total. The Morgan fingerprint density at radius 1 is 1.32 bits per heavy atom. The summed E-state index contributed by atoms with van der Waals surface area (Å²) < 4.78 is 20.5. The number of fused-ring (bicyclic) bond motifs is 1. The number of benzene rings is 1. The summed E-state index contributed by atoms with van der Waals surface area (Å²) in [4.78, 5) is 28.8. The number of imidazole rings is 1. The number of carbonyl (C=O) groups excluding carboxylic acids is 2. The highest BCUT2D eigenvalue weighted by Crippen LogP contribution is 2.21. The normalized spacial score (nSPS) is 14.5. The molecule has 0 bridgehead atoms. The second kappa shape index (κ2) is 7.46. The lowest BCUT2D eigenvalue weighted by molar-refractivity contribution is -0.145. The standard InChI is InChI=1S/C18H20FN3O3/c1-25-18(24)17(12-6-2-3-7-13(12)19)21-16(23)10-22-11-20-14-8-4-5-9-15(14)22/h2-3,6-7,11,17H,4-5,8-10H2,1H3,(H,21,23). The molecule has 1 aliphatic rings. The van der Waals surface area contributed by atoms with E-state index in [1.165, 1.54) is 25.3 Å². The number of hydrogen-bond acceptors (Lipinski definition) is 4. The minimum Gasteiger partial charge on any atom is -0.467 e. The number of ether oxygens (including phenoxy) is 1. The van der Waals surface area contributed by atoms with Crippen molar-refractivity contribution in [2.24, 2.45) is 0 Å². The first kappa shape index (κ1) is 17.1. The van der Waals surface area contributed by atoms with Crippen LogP contribution in [0.15, 0.2) is 30.6 Å². The molecule has 0 spiro atoms. The quantitative estimate of drug-likeness (QED) is 0.841. The van der Waals surface area contributed by atoms with Crippen molar-refractivity contribution < 1.29 is 18.7 Å². The van der Waals surface area contributed by atoms with Crippen molar-refractivity contribution in [3.8, 4) is 0 Å². The van der Waals surface area contributed by atoms with Crippen LogP contribution in [0, 0.1) is 5.82 Å². The fraction of sp³-hybridized carbons (Fsp3) is 0.389. The Morgan fingerprint density at radius 2 is 2.08 bits per heavy atom. The molecule has 1 aromatic heterocycles. The summed E-state index contributed by atoms with van der Waals surface area (Å²) in [5.41, 5.74) is 2.16. The molecule has 0 saturated heterocycles. The fourth-order valence-electron chi connectivity index (χ4n) is 3.12. The third-order valence-electron chi connectivity index (χ3n) is 4.38. The molecular weight excluding hydrogens is 325 g/mol. The topological polar surface area (TPSA) is 73.2 Å². The van der Waals surface area contributed by atoms with Crippen LogP contribution < -0.4 is 5.32 Å². The average Bonchev–Trinajstić information content (AvgIpc) is 3.03. The van der Waals surface area contributed by atoms with Gasteiger partial charge in [0.1, 0.15) is 12.4 Å². The molecule has 132 valence electrons. The minimum atomic E-state index is -1.18. The fourth-order valence-corrected chi connectivity index (χ4v) is 3.12. The Kier molecular flexibility index (Phi) is 5.11. The van der Waals surface area contributed by atoms with Crippen molar-refractivity contribution in [2.75, 3.05) is 7.11 Å². The van der Waals surface area contributed by atoms with Crippen LogP contribution in [-0.4, -0.2) is 28.5 Å². The zero-order valence-corrected chi connectivity index (χ0v) is 14.0. The largest absolute Gasteiger partial charge is 0.467 e. The maximum absolute atomic E-state index is 14.0. The van der Waals surface area contributed by atoms with Crippen LogP contribution in [0.2, 0.25) is 0 Å². The van der Waals surface area contributed by atoms with Crippen LogP contribution in [0.3, 0.4) is 0 Å². The van der Waals surface area contributed by atoms with Gasteiger partial charge in [-0.15, -0.1) is 0 Å². The Morgan fingerprint density at radius 3 is 2.84 bits per heavy atom. The molecule has 25 heavy (non-hydrogen) atoms. The van der Waals surface area contributed by atoms with Crippen LogP contribution in [0.25, 0.3) is 0 Å². The molecule has 1 N–H and O–H groups in total. The van der Waals surface area contributed by atoms with Gasteiger partial charge in [0, 0.05) is 11.3 Å². The van der Waals surface area contributed by atoms with Gasteiger partial charge in [-0.05, 0) is 31.7 Å². The molecular formula is C18H20FN3O3. The molecule has 0 radical (unpaired) electrons. The maximum atomic E-state index is 14.0. The van der Waals surface area contributed by atoms with Gasteiger partial charge in [0.15, 0.2) is 6.04 Å². The first-order valence-corrected chi connectivity index (χ1v) is 8.24. The SMILES string of the molecule is COC(=O)C(NC(=O)Cn1cnc2c1CCCC2)c1ccccc1F. The van der Waals surface area contributed by atoms with E-state index in [9.17, 15) is 14.0 Å². The summed E-state index contributed by atoms with van der Waals surface area (Å²) in [6.45, 7) is 0.0320. The van der Waals surface area contributed by atoms with Gasteiger partial charge < -0.3 is 14.6 Å². The van der Waals surface area contributed by atoms with Crippen molar-refractivity contribution in [3.05, 3.63) is 53.4 Å². The van der Waals surface area contributed by atoms with Crippen LogP contribution in [0.5, 0.6) is 0 Å². The maximum Gasteiger partial charge on any atom is 0.333 e. The lowest BCUT2D eigenvalue weighted by Crippen LogP contribution is -2.37. The van der Waals surface area contributed by atoms with Crippen LogP contribution >= 0.6 is 0 Å². The number of halogens is 1. The van der Waals surface area contributed by atoms with E-state index in [1.807, 2.05) is 0 Å². The highest BCUT2D eigenvalue weighted by Gasteiger charge is 2.26. The van der Waals surface area contributed by atoms with E-state index in [0.717, 1.165) is 37.1 Å². The van der Waals surface area contributed by atoms with Gasteiger partial charge in [0.25, 0.3) is 0 Å². The van der Waals surface area contributed by atoms with Crippen molar-refractivity contribution in [3.63, 3.8) is 0 Å².